The maximum Gasteiger partial charge on any atom is 0.0861 e. The van der Waals surface area contributed by atoms with Crippen LogP contribution in [0.4, 0.5) is 0 Å². The molecule has 8 atom stereocenters. The van der Waals surface area contributed by atoms with Crippen LogP contribution in [0.3, 0.4) is 0 Å². The summed E-state index contributed by atoms with van der Waals surface area (Å²) >= 11 is 0. The highest BCUT2D eigenvalue weighted by Crippen LogP contribution is 2.67. The molecule has 3 fully saturated rings. The van der Waals surface area contributed by atoms with Crippen LogP contribution in [0.2, 0.25) is 0 Å². The van der Waals surface area contributed by atoms with E-state index in [1.165, 1.54) is 5.57 Å². The first-order chi connectivity index (χ1) is 14.2. The molecule has 30 heavy (non-hydrogen) atoms. The molecule has 3 nitrogen and oxygen atoms in total. The van der Waals surface area contributed by atoms with Crippen molar-refractivity contribution in [3.63, 3.8) is 0 Å². The summed E-state index contributed by atoms with van der Waals surface area (Å²) in [6.45, 7) is 18.7. The molecule has 0 aliphatic heterocycles. The Kier molecular flexibility index (Phi) is 10.1. The van der Waals surface area contributed by atoms with E-state index >= 15 is 0 Å². The smallest absolute Gasteiger partial charge is 0.0861 e. The quantitative estimate of drug-likeness (QED) is 0.421. The topological polar surface area (TPSA) is 60.7 Å². The van der Waals surface area contributed by atoms with E-state index in [2.05, 4.69) is 26.8 Å². The van der Waals surface area contributed by atoms with E-state index in [9.17, 15) is 15.3 Å². The van der Waals surface area contributed by atoms with E-state index in [1.807, 2.05) is 41.5 Å². The van der Waals surface area contributed by atoms with Gasteiger partial charge in [0, 0.05) is 0 Å². The maximum atomic E-state index is 11.6. The summed E-state index contributed by atoms with van der Waals surface area (Å²) in [4.78, 5) is 0. The lowest BCUT2D eigenvalue weighted by Gasteiger charge is -2.61. The van der Waals surface area contributed by atoms with Gasteiger partial charge < -0.3 is 15.3 Å². The Morgan fingerprint density at radius 3 is 2.03 bits per heavy atom. The van der Waals surface area contributed by atoms with Crippen LogP contribution in [-0.2, 0) is 0 Å². The van der Waals surface area contributed by atoms with Crippen LogP contribution in [0.5, 0.6) is 0 Å². The standard InChI is InChI=1S/C21H34O3.3C2H6/c1-4-21(24)12-13-11-14(22)7-9-19(13,2)16-8-10-20(3)15(18(16)21)5-6-17(20)23;3*1-2/h12,14-18,22-24H,4-11H2,1-3H3;3*1-2H3/t14?,15?,16?,17-,18?,19?,20?,21?;;;/m0.../s1. The second kappa shape index (κ2) is 11.0. The Labute approximate surface area is 187 Å². The molecule has 0 heterocycles. The van der Waals surface area contributed by atoms with Gasteiger partial charge in [-0.25, -0.2) is 0 Å². The first-order valence-electron chi connectivity index (χ1n) is 13.1. The van der Waals surface area contributed by atoms with E-state index in [0.29, 0.717) is 11.8 Å². The van der Waals surface area contributed by atoms with Gasteiger partial charge in [-0.2, -0.15) is 0 Å². The Bertz CT molecular complexity index is 558. The van der Waals surface area contributed by atoms with Crippen LogP contribution in [0.25, 0.3) is 0 Å². The fourth-order valence-electron chi connectivity index (χ4n) is 7.12. The first kappa shape index (κ1) is 27.7. The molecule has 0 spiro atoms. The van der Waals surface area contributed by atoms with Gasteiger partial charge in [0.25, 0.3) is 0 Å². The van der Waals surface area contributed by atoms with Gasteiger partial charge in [0.15, 0.2) is 0 Å². The molecule has 0 amide bonds. The zero-order chi connectivity index (χ0) is 23.3. The molecule has 178 valence electrons. The number of hydrogen-bond acceptors (Lipinski definition) is 3. The molecule has 4 aliphatic rings. The second-order valence-electron chi connectivity index (χ2n) is 9.70. The first-order valence-corrected chi connectivity index (χ1v) is 13.1. The third-order valence-corrected chi connectivity index (χ3v) is 8.79. The average molecular weight is 425 g/mol. The zero-order valence-corrected chi connectivity index (χ0v) is 21.5. The van der Waals surface area contributed by atoms with Gasteiger partial charge >= 0.3 is 0 Å². The lowest BCUT2D eigenvalue weighted by molar-refractivity contribution is -0.146. The molecule has 0 bridgehead atoms. The van der Waals surface area contributed by atoms with Crippen LogP contribution < -0.4 is 0 Å². The van der Waals surface area contributed by atoms with Crippen LogP contribution in [0.15, 0.2) is 11.6 Å². The van der Waals surface area contributed by atoms with Crippen LogP contribution in [0, 0.1) is 28.6 Å². The molecule has 0 aromatic heterocycles. The predicted molar refractivity (Wildman–Crippen MR) is 128 cm³/mol. The Morgan fingerprint density at radius 2 is 1.47 bits per heavy atom. The molecular formula is C27H52O3. The molecule has 0 aromatic carbocycles. The zero-order valence-electron chi connectivity index (χ0n) is 21.5. The molecule has 3 saturated carbocycles. The van der Waals surface area contributed by atoms with Crippen molar-refractivity contribution in [1.82, 2.24) is 0 Å². The van der Waals surface area contributed by atoms with Crippen molar-refractivity contribution in [1.29, 1.82) is 0 Å². The Hall–Kier alpha value is -0.380. The second-order valence-corrected chi connectivity index (χ2v) is 9.70. The molecule has 3 heteroatoms. The molecule has 4 aliphatic carbocycles. The predicted octanol–water partition coefficient (Wildman–Crippen LogP) is 6.50. The van der Waals surface area contributed by atoms with Gasteiger partial charge in [-0.15, -0.1) is 0 Å². The number of rotatable bonds is 1. The van der Waals surface area contributed by atoms with Gasteiger partial charge in [-0.3, -0.25) is 0 Å². The van der Waals surface area contributed by atoms with Crippen LogP contribution in [0.1, 0.15) is 114 Å². The van der Waals surface area contributed by atoms with Gasteiger partial charge in [0.1, 0.15) is 0 Å². The minimum Gasteiger partial charge on any atom is -0.393 e. The Morgan fingerprint density at radius 1 is 0.867 bits per heavy atom. The van der Waals surface area contributed by atoms with E-state index in [4.69, 9.17) is 0 Å². The minimum atomic E-state index is -0.771. The summed E-state index contributed by atoms with van der Waals surface area (Å²) in [6.07, 6.45) is 9.16. The highest BCUT2D eigenvalue weighted by molar-refractivity contribution is 5.31. The normalized spacial score (nSPS) is 46.1. The van der Waals surface area contributed by atoms with E-state index in [-0.39, 0.29) is 29.0 Å². The summed E-state index contributed by atoms with van der Waals surface area (Å²) < 4.78 is 0. The van der Waals surface area contributed by atoms with Crippen molar-refractivity contribution in [3.8, 4) is 0 Å². The van der Waals surface area contributed by atoms with Crippen molar-refractivity contribution >= 4 is 0 Å². The number of aliphatic hydroxyl groups is 3. The number of aliphatic hydroxyl groups excluding tert-OH is 2. The maximum absolute atomic E-state index is 11.6. The van der Waals surface area contributed by atoms with Crippen LogP contribution in [-0.4, -0.2) is 33.1 Å². The summed E-state index contributed by atoms with van der Waals surface area (Å²) in [5.41, 5.74) is 0.627. The van der Waals surface area contributed by atoms with Crippen molar-refractivity contribution in [2.24, 2.45) is 28.6 Å². The third-order valence-electron chi connectivity index (χ3n) is 8.79. The monoisotopic (exact) mass is 424 g/mol. The number of hydrogen-bond donors (Lipinski definition) is 3. The Balaban J connectivity index is 0.000000691. The van der Waals surface area contributed by atoms with Gasteiger partial charge in [-0.1, -0.05) is 74.0 Å². The average Bonchev–Trinajstić information content (AvgIpc) is 3.08. The molecule has 0 radical (unpaired) electrons. The molecular weight excluding hydrogens is 372 g/mol. The highest BCUT2D eigenvalue weighted by atomic mass is 16.3. The summed E-state index contributed by atoms with van der Waals surface area (Å²) in [7, 11) is 0. The highest BCUT2D eigenvalue weighted by Gasteiger charge is 2.63. The van der Waals surface area contributed by atoms with Crippen molar-refractivity contribution < 1.29 is 15.3 Å². The fourth-order valence-corrected chi connectivity index (χ4v) is 7.12. The van der Waals surface area contributed by atoms with E-state index in [0.717, 1.165) is 51.4 Å². The largest absolute Gasteiger partial charge is 0.393 e. The number of fused-ring (bicyclic) bond motifs is 5. The lowest BCUT2D eigenvalue weighted by Crippen LogP contribution is -2.59. The van der Waals surface area contributed by atoms with Crippen molar-refractivity contribution in [2.75, 3.05) is 0 Å². The lowest BCUT2D eigenvalue weighted by atomic mass is 9.44. The molecule has 0 saturated heterocycles. The molecule has 7 unspecified atom stereocenters. The van der Waals surface area contributed by atoms with Crippen LogP contribution >= 0.6 is 0 Å². The molecule has 4 rings (SSSR count). The molecule has 3 N–H and O–H groups in total. The summed E-state index contributed by atoms with van der Waals surface area (Å²) in [5.74, 6) is 1.15. The van der Waals surface area contributed by atoms with E-state index in [1.54, 1.807) is 0 Å². The third kappa shape index (κ3) is 4.41. The van der Waals surface area contributed by atoms with Gasteiger partial charge in [0.05, 0.1) is 17.8 Å². The van der Waals surface area contributed by atoms with Crippen molar-refractivity contribution in [3.05, 3.63) is 11.6 Å². The molecule has 0 aromatic rings. The fraction of sp³-hybridized carbons (Fsp3) is 0.926. The minimum absolute atomic E-state index is 0.0276. The summed E-state index contributed by atoms with van der Waals surface area (Å²) in [6, 6.07) is 0. The van der Waals surface area contributed by atoms with Crippen molar-refractivity contribution in [2.45, 2.75) is 131 Å². The van der Waals surface area contributed by atoms with E-state index < -0.39 is 5.60 Å². The SMILES string of the molecule is CC.CC.CC.CCC1(O)C=C2CC(O)CCC2(C)C2CCC3(C)C(CC[C@@H]3O)C21. The van der Waals surface area contributed by atoms with Gasteiger partial charge in [0.2, 0.25) is 0 Å². The van der Waals surface area contributed by atoms with Gasteiger partial charge in [-0.05, 0) is 80.0 Å². The summed E-state index contributed by atoms with van der Waals surface area (Å²) in [5, 5.41) is 32.4.